The fraction of sp³-hybridized carbons (Fsp3) is 0.250. The lowest BCUT2D eigenvalue weighted by Gasteiger charge is -2.13. The van der Waals surface area contributed by atoms with Crippen molar-refractivity contribution in [3.63, 3.8) is 0 Å². The highest BCUT2D eigenvalue weighted by atomic mass is 16.5. The average Bonchev–Trinajstić information content (AvgIpc) is 3.12. The van der Waals surface area contributed by atoms with Gasteiger partial charge in [-0.25, -0.2) is 9.48 Å². The van der Waals surface area contributed by atoms with E-state index in [9.17, 15) is 19.2 Å². The molecule has 29 heavy (non-hydrogen) atoms. The van der Waals surface area contributed by atoms with Crippen LogP contribution in [-0.4, -0.2) is 38.7 Å². The van der Waals surface area contributed by atoms with Gasteiger partial charge in [0.05, 0.1) is 11.4 Å². The third-order valence-corrected chi connectivity index (χ3v) is 4.27. The van der Waals surface area contributed by atoms with Crippen LogP contribution in [0.4, 0.5) is 0 Å². The number of nitrogens with zero attached hydrogens (tertiary/aromatic N) is 3. The zero-order valence-corrected chi connectivity index (χ0v) is 16.2. The van der Waals surface area contributed by atoms with Crippen molar-refractivity contribution in [2.24, 2.45) is 7.05 Å². The number of aryl methyl sites for hydroxylation is 1. The lowest BCUT2D eigenvalue weighted by Crippen LogP contribution is -2.35. The summed E-state index contributed by atoms with van der Waals surface area (Å²) in [5, 5.41) is 6.93. The molecule has 0 radical (unpaired) electrons. The Morgan fingerprint density at radius 3 is 2.41 bits per heavy atom. The summed E-state index contributed by atoms with van der Waals surface area (Å²) < 4.78 is 7.78. The summed E-state index contributed by atoms with van der Waals surface area (Å²) >= 11 is 0. The molecule has 0 unspecified atom stereocenters. The molecule has 9 nitrogen and oxygen atoms in total. The smallest absolute Gasteiger partial charge is 0.359 e. The van der Waals surface area contributed by atoms with Crippen LogP contribution in [0.2, 0.25) is 0 Å². The highest BCUT2D eigenvalue weighted by Gasteiger charge is 2.21. The van der Waals surface area contributed by atoms with Crippen LogP contribution in [0, 0.1) is 0 Å². The fourth-order valence-corrected chi connectivity index (χ4v) is 2.83. The van der Waals surface area contributed by atoms with Crippen LogP contribution in [0.25, 0.3) is 10.8 Å². The SMILES string of the molecule is CC(C)n1nc(C(=O)OCC(=O)NC(=O)c2cccn2C)c2ccccc2c1=O. The Labute approximate surface area is 165 Å². The van der Waals surface area contributed by atoms with E-state index < -0.39 is 24.4 Å². The maximum atomic E-state index is 12.5. The number of rotatable bonds is 5. The first-order valence-electron chi connectivity index (χ1n) is 8.93. The van der Waals surface area contributed by atoms with Crippen molar-refractivity contribution in [1.29, 1.82) is 0 Å². The summed E-state index contributed by atoms with van der Waals surface area (Å²) in [6, 6.07) is 9.49. The number of hydrogen-bond donors (Lipinski definition) is 1. The average molecular weight is 396 g/mol. The zero-order valence-electron chi connectivity index (χ0n) is 16.2. The van der Waals surface area contributed by atoms with Crippen LogP contribution >= 0.6 is 0 Å². The summed E-state index contributed by atoms with van der Waals surface area (Å²) in [5.41, 5.74) is -0.102. The van der Waals surface area contributed by atoms with E-state index in [1.807, 2.05) is 0 Å². The molecule has 0 spiro atoms. The van der Waals surface area contributed by atoms with Crippen molar-refractivity contribution in [1.82, 2.24) is 19.7 Å². The molecule has 2 amide bonds. The topological polar surface area (TPSA) is 112 Å². The summed E-state index contributed by atoms with van der Waals surface area (Å²) in [4.78, 5) is 49.1. The number of imide groups is 1. The number of amides is 2. The first kappa shape index (κ1) is 20.0. The van der Waals surface area contributed by atoms with E-state index in [0.717, 1.165) is 0 Å². The molecule has 1 N–H and O–H groups in total. The van der Waals surface area contributed by atoms with Gasteiger partial charge in [0.2, 0.25) is 0 Å². The summed E-state index contributed by atoms with van der Waals surface area (Å²) in [6.45, 7) is 2.87. The van der Waals surface area contributed by atoms with E-state index in [4.69, 9.17) is 4.74 Å². The van der Waals surface area contributed by atoms with Crippen molar-refractivity contribution < 1.29 is 19.1 Å². The highest BCUT2D eigenvalue weighted by molar-refractivity contribution is 6.06. The van der Waals surface area contributed by atoms with Gasteiger partial charge in [-0.3, -0.25) is 19.7 Å². The lowest BCUT2D eigenvalue weighted by atomic mass is 10.1. The Hall–Kier alpha value is -3.75. The van der Waals surface area contributed by atoms with Crippen molar-refractivity contribution in [2.75, 3.05) is 6.61 Å². The maximum Gasteiger partial charge on any atom is 0.359 e. The molecule has 2 aromatic heterocycles. The largest absolute Gasteiger partial charge is 0.451 e. The number of benzene rings is 1. The highest BCUT2D eigenvalue weighted by Crippen LogP contribution is 2.15. The molecule has 0 fully saturated rings. The molecule has 3 rings (SSSR count). The molecule has 3 aromatic rings. The molecule has 0 aliphatic heterocycles. The molecule has 0 saturated carbocycles. The van der Waals surface area contributed by atoms with E-state index in [-0.39, 0.29) is 17.3 Å². The Bertz CT molecular complexity index is 1160. The third kappa shape index (κ3) is 4.08. The molecule has 0 atom stereocenters. The molecular weight excluding hydrogens is 376 g/mol. The number of hydrogen-bond acceptors (Lipinski definition) is 6. The van der Waals surface area contributed by atoms with Crippen molar-refractivity contribution in [2.45, 2.75) is 19.9 Å². The fourth-order valence-electron chi connectivity index (χ4n) is 2.83. The third-order valence-electron chi connectivity index (χ3n) is 4.27. The quantitative estimate of drug-likeness (QED) is 0.653. The van der Waals surface area contributed by atoms with Crippen LogP contribution in [0.15, 0.2) is 47.4 Å². The van der Waals surface area contributed by atoms with E-state index in [0.29, 0.717) is 16.5 Å². The van der Waals surface area contributed by atoms with Gasteiger partial charge in [0.15, 0.2) is 12.3 Å². The Morgan fingerprint density at radius 2 is 1.79 bits per heavy atom. The molecule has 0 aliphatic rings. The second kappa shape index (κ2) is 8.09. The molecular formula is C20H20N4O5. The number of ether oxygens (including phenoxy) is 1. The van der Waals surface area contributed by atoms with Gasteiger partial charge in [0.1, 0.15) is 5.69 Å². The molecule has 0 aliphatic carbocycles. The Balaban J connectivity index is 1.77. The second-order valence-corrected chi connectivity index (χ2v) is 6.70. The van der Waals surface area contributed by atoms with E-state index in [2.05, 4.69) is 10.4 Å². The minimum Gasteiger partial charge on any atom is -0.451 e. The zero-order chi connectivity index (χ0) is 21.1. The van der Waals surface area contributed by atoms with Crippen LogP contribution in [0.3, 0.4) is 0 Å². The number of nitrogens with one attached hydrogen (secondary N) is 1. The summed E-state index contributed by atoms with van der Waals surface area (Å²) in [5.74, 6) is -2.24. The van der Waals surface area contributed by atoms with Gasteiger partial charge in [0.25, 0.3) is 17.4 Å². The van der Waals surface area contributed by atoms with E-state index in [1.54, 1.807) is 68.1 Å². The van der Waals surface area contributed by atoms with Gasteiger partial charge in [-0.2, -0.15) is 5.10 Å². The maximum absolute atomic E-state index is 12.5. The van der Waals surface area contributed by atoms with Gasteiger partial charge in [0, 0.05) is 18.6 Å². The molecule has 9 heteroatoms. The number of carbonyl (C=O) groups is 3. The molecule has 0 bridgehead atoms. The summed E-state index contributed by atoms with van der Waals surface area (Å²) in [7, 11) is 1.67. The number of fused-ring (bicyclic) bond motifs is 1. The molecule has 1 aromatic carbocycles. The first-order chi connectivity index (χ1) is 13.8. The minimum absolute atomic E-state index is 0.0736. The van der Waals surface area contributed by atoms with Gasteiger partial charge < -0.3 is 9.30 Å². The minimum atomic E-state index is -0.864. The predicted molar refractivity (Wildman–Crippen MR) is 105 cm³/mol. The monoisotopic (exact) mass is 396 g/mol. The van der Waals surface area contributed by atoms with Crippen LogP contribution < -0.4 is 10.9 Å². The first-order valence-corrected chi connectivity index (χ1v) is 8.93. The second-order valence-electron chi connectivity index (χ2n) is 6.70. The van der Waals surface area contributed by atoms with Crippen molar-refractivity contribution in [3.8, 4) is 0 Å². The molecule has 2 heterocycles. The number of esters is 1. The Morgan fingerprint density at radius 1 is 1.10 bits per heavy atom. The van der Waals surface area contributed by atoms with E-state index >= 15 is 0 Å². The number of carbonyl (C=O) groups excluding carboxylic acids is 3. The lowest BCUT2D eigenvalue weighted by molar-refractivity contribution is -0.123. The Kier molecular flexibility index (Phi) is 5.58. The molecule has 0 saturated heterocycles. The van der Waals surface area contributed by atoms with Crippen LogP contribution in [0.1, 0.15) is 40.9 Å². The normalized spacial score (nSPS) is 10.9. The van der Waals surface area contributed by atoms with Gasteiger partial charge in [-0.05, 0) is 32.0 Å². The number of aromatic nitrogens is 3. The predicted octanol–water partition coefficient (Wildman–Crippen LogP) is 1.43. The van der Waals surface area contributed by atoms with Gasteiger partial charge in [-0.15, -0.1) is 0 Å². The van der Waals surface area contributed by atoms with Crippen molar-refractivity contribution in [3.05, 3.63) is 64.3 Å². The molecule has 150 valence electrons. The van der Waals surface area contributed by atoms with Gasteiger partial charge >= 0.3 is 5.97 Å². The summed E-state index contributed by atoms with van der Waals surface area (Å²) in [6.07, 6.45) is 1.67. The van der Waals surface area contributed by atoms with E-state index in [1.165, 1.54) is 4.68 Å². The van der Waals surface area contributed by atoms with Crippen LogP contribution in [0.5, 0.6) is 0 Å². The van der Waals surface area contributed by atoms with Crippen LogP contribution in [-0.2, 0) is 16.6 Å². The standard InChI is InChI=1S/C20H20N4O5/c1-12(2)24-19(27)14-8-5-4-7-13(14)17(22-24)20(28)29-11-16(25)21-18(26)15-9-6-10-23(15)3/h4-10,12H,11H2,1-3H3,(H,21,25,26). The van der Waals surface area contributed by atoms with Gasteiger partial charge in [-0.1, -0.05) is 18.2 Å². The van der Waals surface area contributed by atoms with Crippen molar-refractivity contribution >= 4 is 28.6 Å².